The first-order valence-corrected chi connectivity index (χ1v) is 26.3. The van der Waals surface area contributed by atoms with Gasteiger partial charge in [0.25, 0.3) is 36.3 Å². The molecule has 0 aliphatic heterocycles. The summed E-state index contributed by atoms with van der Waals surface area (Å²) in [4.78, 5) is 22.6. The Morgan fingerprint density at radius 1 is 0.600 bits per heavy atom. The van der Waals surface area contributed by atoms with E-state index in [9.17, 15) is 60.5 Å². The Hall–Kier alpha value is -7.18. The molecular formula is C36H31ClN12O16S5. The van der Waals surface area contributed by atoms with Crippen LogP contribution < -0.4 is 27.4 Å². The Kier molecular flexibility index (Phi) is 15.2. The number of benzene rings is 5. The van der Waals surface area contributed by atoms with Gasteiger partial charge in [0.2, 0.25) is 17.2 Å². The van der Waals surface area contributed by atoms with Crippen LogP contribution in [0.4, 0.5) is 63.1 Å². The van der Waals surface area contributed by atoms with Gasteiger partial charge < -0.3 is 27.4 Å². The summed E-state index contributed by atoms with van der Waals surface area (Å²) in [5.74, 6) is -2.02. The molecule has 0 bridgehead atoms. The molecule has 368 valence electrons. The summed E-state index contributed by atoms with van der Waals surface area (Å²) in [5.41, 5.74) is 9.44. The van der Waals surface area contributed by atoms with Gasteiger partial charge in [-0.25, -0.2) is 12.6 Å². The second kappa shape index (κ2) is 20.4. The van der Waals surface area contributed by atoms with E-state index in [1.807, 2.05) is 0 Å². The van der Waals surface area contributed by atoms with E-state index in [1.165, 1.54) is 48.5 Å². The van der Waals surface area contributed by atoms with Crippen molar-refractivity contribution in [3.05, 3.63) is 108 Å². The van der Waals surface area contributed by atoms with Crippen molar-refractivity contribution in [2.75, 3.05) is 39.8 Å². The molecular weight excluding hydrogens is 1050 g/mol. The number of halogens is 1. The van der Waals surface area contributed by atoms with Gasteiger partial charge in [0.15, 0.2) is 9.84 Å². The maximum atomic E-state index is 13.1. The molecule has 34 heteroatoms. The number of sulfone groups is 1. The van der Waals surface area contributed by atoms with Crippen molar-refractivity contribution in [1.82, 2.24) is 15.0 Å². The van der Waals surface area contributed by atoms with Crippen LogP contribution >= 0.6 is 11.6 Å². The van der Waals surface area contributed by atoms with Gasteiger partial charge >= 0.3 is 10.4 Å². The minimum atomic E-state index is -5.16. The highest BCUT2D eigenvalue weighted by Gasteiger charge is 2.24. The third kappa shape index (κ3) is 13.7. The molecule has 0 aliphatic rings. The van der Waals surface area contributed by atoms with Crippen LogP contribution in [0, 0.1) is 0 Å². The number of nitrogens with two attached hydrogens (primary N) is 2. The average Bonchev–Trinajstić information content (AvgIpc) is 3.24. The summed E-state index contributed by atoms with van der Waals surface area (Å²) in [6.07, 6.45) is 0. The monoisotopic (exact) mass is 1080 g/mol. The molecule has 6 aromatic rings. The minimum absolute atomic E-state index is 0.0227. The van der Waals surface area contributed by atoms with Gasteiger partial charge in [-0.1, -0.05) is 12.1 Å². The van der Waals surface area contributed by atoms with E-state index in [2.05, 4.69) is 55.5 Å². The van der Waals surface area contributed by atoms with Gasteiger partial charge in [-0.15, -0.1) is 15.3 Å². The first kappa shape index (κ1) is 52.2. The van der Waals surface area contributed by atoms with Crippen molar-refractivity contribution >= 4 is 131 Å². The molecule has 1 aromatic heterocycles. The lowest BCUT2D eigenvalue weighted by atomic mass is 10.2. The van der Waals surface area contributed by atoms with Gasteiger partial charge in [0, 0.05) is 22.6 Å². The minimum Gasteiger partial charge on any atom is -0.396 e. The Morgan fingerprint density at radius 3 is 1.81 bits per heavy atom. The predicted octanol–water partition coefficient (Wildman–Crippen LogP) is 5.59. The fourth-order valence-corrected chi connectivity index (χ4v) is 9.07. The van der Waals surface area contributed by atoms with Gasteiger partial charge in [0.05, 0.1) is 39.2 Å². The summed E-state index contributed by atoms with van der Waals surface area (Å²) >= 11 is 6.07. The Morgan fingerprint density at radius 2 is 1.20 bits per heavy atom. The number of nitrogens with zero attached hydrogens (tertiary/aromatic N) is 7. The summed E-state index contributed by atoms with van der Waals surface area (Å²) in [6.45, 7) is -0.851. The predicted molar refractivity (Wildman–Crippen MR) is 248 cm³/mol. The molecule has 0 saturated heterocycles. The van der Waals surface area contributed by atoms with Crippen molar-refractivity contribution in [2.45, 2.75) is 19.6 Å². The molecule has 1 heterocycles. The Labute approximate surface area is 401 Å². The second-order valence-corrected chi connectivity index (χ2v) is 21.4. The van der Waals surface area contributed by atoms with Crippen molar-refractivity contribution in [1.29, 1.82) is 0 Å². The first-order valence-electron chi connectivity index (χ1n) is 18.6. The van der Waals surface area contributed by atoms with Crippen LogP contribution in [-0.2, 0) is 54.8 Å². The third-order valence-corrected chi connectivity index (χ3v) is 13.8. The number of hydrogen-bond donors (Lipinski definition) is 9. The van der Waals surface area contributed by atoms with Gasteiger partial charge in [-0.05, 0) is 96.5 Å². The number of rotatable bonds is 18. The molecule has 6 rings (SSSR count). The van der Waals surface area contributed by atoms with Crippen LogP contribution in [0.5, 0.6) is 0 Å². The number of nitrogen functional groups attached to an aromatic ring is 2. The summed E-state index contributed by atoms with van der Waals surface area (Å²) in [7, 11) is -23.7. The molecule has 70 heavy (non-hydrogen) atoms. The quantitative estimate of drug-likeness (QED) is 0.0287. The molecule has 5 aromatic carbocycles. The normalized spacial score (nSPS) is 12.6. The van der Waals surface area contributed by atoms with E-state index < -0.39 is 112 Å². The largest absolute Gasteiger partial charge is 0.397 e. The standard InChI is InChI=1S/C36H31ClN12O16S5/c37-34-43-35(41-21-4-2-6-25(16-21)67(53,54)55)45-36(44-34)42-22-9-12-28(68(56,57)58)26(17-22)47-48-27-18-29(69(59,60)61)31(39)32(30(27)38)49-46-23-5-1-3-19(15-23)33(50)40-20-7-10-24(11-8-20)66(51,52)14-13-65-70(62,63)64/h1-12,15-18H,13-14,38-39H2,(H,40,50)(H,53,54,55)(H,56,57,58)(H,59,60,61)(H,62,63,64)(H2,41,42,43,44,45). The number of hydrogen-bond acceptors (Lipinski definition) is 23. The van der Waals surface area contributed by atoms with Crippen LogP contribution in [0.3, 0.4) is 0 Å². The Bertz CT molecular complexity index is 3700. The van der Waals surface area contributed by atoms with E-state index in [0.717, 1.165) is 42.5 Å². The molecule has 28 nitrogen and oxygen atoms in total. The third-order valence-electron chi connectivity index (χ3n) is 8.78. The molecule has 0 aliphatic carbocycles. The zero-order chi connectivity index (χ0) is 51.4. The summed E-state index contributed by atoms with van der Waals surface area (Å²) < 4.78 is 161. The van der Waals surface area contributed by atoms with Crippen molar-refractivity contribution in [3.63, 3.8) is 0 Å². The highest BCUT2D eigenvalue weighted by atomic mass is 35.5. The second-order valence-electron chi connectivity index (χ2n) is 13.7. The van der Waals surface area contributed by atoms with E-state index in [-0.39, 0.29) is 50.4 Å². The van der Waals surface area contributed by atoms with E-state index in [4.69, 9.17) is 27.6 Å². The number of carbonyl (C=O) groups is 1. The highest BCUT2D eigenvalue weighted by molar-refractivity contribution is 7.91. The first-order chi connectivity index (χ1) is 32.6. The summed E-state index contributed by atoms with van der Waals surface area (Å²) in [5, 5.41) is 23.1. The lowest BCUT2D eigenvalue weighted by molar-refractivity contribution is 0.102. The number of carbonyl (C=O) groups excluding carboxylic acids is 1. The van der Waals surface area contributed by atoms with E-state index >= 15 is 0 Å². The van der Waals surface area contributed by atoms with Crippen molar-refractivity contribution in [3.8, 4) is 0 Å². The topological polar surface area (TPSA) is 454 Å². The fourth-order valence-electron chi connectivity index (χ4n) is 5.65. The SMILES string of the molecule is Nc1c(N=Nc2cc(Nc3nc(Cl)nc(Nc4cccc(S(=O)(=O)O)c4)n3)ccc2S(=O)(=O)O)cc(S(=O)(=O)O)c(N)c1N=Nc1cccc(C(=O)Nc2ccc(S(=O)(=O)CCOS(=O)(=O)O)cc2)c1. The number of azo groups is 2. The van der Waals surface area contributed by atoms with Crippen LogP contribution in [0.25, 0.3) is 0 Å². The van der Waals surface area contributed by atoms with Crippen molar-refractivity contribution < 1.29 is 69.3 Å². The van der Waals surface area contributed by atoms with Gasteiger partial charge in [0.1, 0.15) is 26.9 Å². The van der Waals surface area contributed by atoms with E-state index in [1.54, 1.807) is 0 Å². The zero-order valence-electron chi connectivity index (χ0n) is 34.5. The number of anilines is 7. The van der Waals surface area contributed by atoms with Gasteiger partial charge in [-0.2, -0.15) is 53.7 Å². The lowest BCUT2D eigenvalue weighted by Gasteiger charge is -2.11. The van der Waals surface area contributed by atoms with Crippen LogP contribution in [0.15, 0.2) is 137 Å². The van der Waals surface area contributed by atoms with Crippen molar-refractivity contribution in [2.24, 2.45) is 20.5 Å². The van der Waals surface area contributed by atoms with Crippen LogP contribution in [0.1, 0.15) is 10.4 Å². The Balaban J connectivity index is 1.26. The molecule has 0 radical (unpaired) electrons. The van der Waals surface area contributed by atoms with Crippen LogP contribution in [-0.4, -0.2) is 93.5 Å². The molecule has 0 atom stereocenters. The number of nitrogens with one attached hydrogen (secondary N) is 3. The molecule has 11 N–H and O–H groups in total. The smallest absolute Gasteiger partial charge is 0.396 e. The molecule has 0 spiro atoms. The summed E-state index contributed by atoms with van der Waals surface area (Å²) in [6, 6.07) is 18.7. The molecule has 0 saturated carbocycles. The lowest BCUT2D eigenvalue weighted by Crippen LogP contribution is -2.15. The highest BCUT2D eigenvalue weighted by Crippen LogP contribution is 2.43. The van der Waals surface area contributed by atoms with E-state index in [0.29, 0.717) is 6.07 Å². The molecule has 0 fully saturated rings. The number of amides is 1. The van der Waals surface area contributed by atoms with Gasteiger partial charge in [-0.3, -0.25) is 23.0 Å². The number of aromatic nitrogens is 3. The maximum absolute atomic E-state index is 13.1. The zero-order valence-corrected chi connectivity index (χ0v) is 39.4. The van der Waals surface area contributed by atoms with Crippen LogP contribution in [0.2, 0.25) is 5.28 Å². The molecule has 0 unspecified atom stereocenters. The fraction of sp³-hybridized carbons (Fsp3) is 0.0556. The maximum Gasteiger partial charge on any atom is 0.397 e. The molecule has 1 amide bonds. The average molecular weight is 1080 g/mol.